The monoisotopic (exact) mass is 552 g/mol. The Morgan fingerprint density at radius 2 is 1.65 bits per heavy atom. The van der Waals surface area contributed by atoms with Crippen LogP contribution in [0.25, 0.3) is 21.9 Å². The van der Waals surface area contributed by atoms with Gasteiger partial charge in [0.1, 0.15) is 9.92 Å². The van der Waals surface area contributed by atoms with Crippen LogP contribution < -0.4 is 0 Å². The molecule has 0 radical (unpaired) electrons. The predicted octanol–water partition coefficient (Wildman–Crippen LogP) is 5.25. The summed E-state index contributed by atoms with van der Waals surface area (Å²) in [4.78, 5) is 5.39. The molecule has 1 aliphatic heterocycles. The topological polar surface area (TPSA) is 109 Å². The van der Waals surface area contributed by atoms with Crippen LogP contribution in [0.3, 0.4) is 0 Å². The number of hydrogen-bond acceptors (Lipinski definition) is 8. The van der Waals surface area contributed by atoms with Crippen LogP contribution in [0.4, 0.5) is 0 Å². The molecule has 5 aromatic rings. The first-order valence-corrected chi connectivity index (χ1v) is 14.2. The van der Waals surface area contributed by atoms with E-state index in [4.69, 9.17) is 16.2 Å². The lowest BCUT2D eigenvalue weighted by Gasteiger charge is -2.37. The third kappa shape index (κ3) is 4.49. The average Bonchev–Trinajstić information content (AvgIpc) is 3.40. The van der Waals surface area contributed by atoms with Gasteiger partial charge in [0.15, 0.2) is 11.0 Å². The van der Waals surface area contributed by atoms with Crippen molar-refractivity contribution >= 4 is 55.3 Å². The van der Waals surface area contributed by atoms with E-state index in [1.807, 2.05) is 36.4 Å². The van der Waals surface area contributed by atoms with Crippen molar-refractivity contribution in [2.24, 2.45) is 0 Å². The standard InChI is InChI=1S/C26H21ClN4O4S2/c27-19-8-6-18(7-9-19)26(32)13-15-31(16-14-26)37(33,34)22-11-10-21(24-25(22)30-35-29-24)36-23-12-5-17-3-1-2-4-20(17)28-23/h1-12,32H,13-16H2. The summed E-state index contributed by atoms with van der Waals surface area (Å²) in [5, 5.41) is 21.4. The number of hydrogen-bond donors (Lipinski definition) is 1. The highest BCUT2D eigenvalue weighted by atomic mass is 35.5. The zero-order valence-electron chi connectivity index (χ0n) is 19.4. The molecule has 1 aliphatic rings. The molecule has 0 unspecified atom stereocenters. The van der Waals surface area contributed by atoms with E-state index in [0.29, 0.717) is 15.4 Å². The van der Waals surface area contributed by atoms with Crippen LogP contribution in [0.5, 0.6) is 0 Å². The van der Waals surface area contributed by atoms with Gasteiger partial charge in [-0.1, -0.05) is 59.8 Å². The number of sulfonamides is 1. The van der Waals surface area contributed by atoms with E-state index in [-0.39, 0.29) is 36.3 Å². The molecule has 0 spiro atoms. The molecule has 3 heterocycles. The number of piperidine rings is 1. The van der Waals surface area contributed by atoms with Crippen LogP contribution in [-0.4, -0.2) is 46.2 Å². The van der Waals surface area contributed by atoms with Crippen LogP contribution in [0.2, 0.25) is 5.02 Å². The maximum absolute atomic E-state index is 13.6. The Labute approximate surface area is 222 Å². The first kappa shape index (κ1) is 24.3. The Hall–Kier alpha value is -3.02. The second-order valence-electron chi connectivity index (χ2n) is 8.91. The van der Waals surface area contributed by atoms with E-state index in [9.17, 15) is 13.5 Å². The molecular formula is C26H21ClN4O4S2. The van der Waals surface area contributed by atoms with Crippen molar-refractivity contribution in [1.82, 2.24) is 19.6 Å². The van der Waals surface area contributed by atoms with Crippen LogP contribution in [0.15, 0.2) is 92.2 Å². The lowest BCUT2D eigenvalue weighted by Crippen LogP contribution is -2.45. The van der Waals surface area contributed by atoms with Crippen LogP contribution in [0, 0.1) is 0 Å². The van der Waals surface area contributed by atoms with Crippen molar-refractivity contribution in [2.45, 2.75) is 33.3 Å². The Balaban J connectivity index is 1.26. The zero-order chi connectivity index (χ0) is 25.6. The van der Waals surface area contributed by atoms with Gasteiger partial charge in [0, 0.05) is 28.4 Å². The minimum atomic E-state index is -3.90. The van der Waals surface area contributed by atoms with Crippen molar-refractivity contribution in [2.75, 3.05) is 13.1 Å². The average molecular weight is 553 g/mol. The molecule has 6 rings (SSSR count). The number of fused-ring (bicyclic) bond motifs is 2. The van der Waals surface area contributed by atoms with Crippen molar-refractivity contribution in [3.63, 3.8) is 0 Å². The molecule has 8 nitrogen and oxygen atoms in total. The molecule has 1 fully saturated rings. The van der Waals surface area contributed by atoms with Gasteiger partial charge >= 0.3 is 0 Å². The Morgan fingerprint density at radius 1 is 0.919 bits per heavy atom. The number of benzene rings is 3. The smallest absolute Gasteiger partial charge is 0.245 e. The Bertz CT molecular complexity index is 1720. The van der Waals surface area contributed by atoms with Crippen molar-refractivity contribution in [1.29, 1.82) is 0 Å². The second-order valence-corrected chi connectivity index (χ2v) is 12.3. The van der Waals surface area contributed by atoms with E-state index >= 15 is 0 Å². The lowest BCUT2D eigenvalue weighted by molar-refractivity contribution is -0.00960. The highest BCUT2D eigenvalue weighted by Gasteiger charge is 2.39. The first-order valence-electron chi connectivity index (χ1n) is 11.6. The Kier molecular flexibility index (Phi) is 6.16. The summed E-state index contributed by atoms with van der Waals surface area (Å²) >= 11 is 7.34. The second kappa shape index (κ2) is 9.38. The Morgan fingerprint density at radius 3 is 2.43 bits per heavy atom. The van der Waals surface area contributed by atoms with Gasteiger partial charge in [-0.25, -0.2) is 18.0 Å². The highest BCUT2D eigenvalue weighted by Crippen LogP contribution is 2.38. The molecule has 2 aromatic heterocycles. The quantitative estimate of drug-likeness (QED) is 0.315. The predicted molar refractivity (Wildman–Crippen MR) is 141 cm³/mol. The lowest BCUT2D eigenvalue weighted by atomic mass is 9.85. The minimum Gasteiger partial charge on any atom is -0.385 e. The molecule has 188 valence electrons. The molecule has 0 bridgehead atoms. The fraction of sp³-hybridized carbons (Fsp3) is 0.192. The number of aliphatic hydroxyl groups is 1. The minimum absolute atomic E-state index is 0.0245. The van der Waals surface area contributed by atoms with Crippen LogP contribution in [-0.2, 0) is 15.6 Å². The summed E-state index contributed by atoms with van der Waals surface area (Å²) in [7, 11) is -3.90. The first-order chi connectivity index (χ1) is 17.8. The fourth-order valence-electron chi connectivity index (χ4n) is 4.61. The summed E-state index contributed by atoms with van der Waals surface area (Å²) < 4.78 is 33.6. The van der Waals surface area contributed by atoms with E-state index in [0.717, 1.165) is 21.5 Å². The summed E-state index contributed by atoms with van der Waals surface area (Å²) in [5.74, 6) is 0. The van der Waals surface area contributed by atoms with Gasteiger partial charge in [-0.15, -0.1) is 0 Å². The largest absolute Gasteiger partial charge is 0.385 e. The number of pyridine rings is 1. The third-order valence-electron chi connectivity index (χ3n) is 6.68. The molecule has 37 heavy (non-hydrogen) atoms. The molecule has 0 aliphatic carbocycles. The van der Waals surface area contributed by atoms with Gasteiger partial charge in [-0.2, -0.15) is 4.31 Å². The van der Waals surface area contributed by atoms with Crippen molar-refractivity contribution in [3.8, 4) is 0 Å². The van der Waals surface area contributed by atoms with Gasteiger partial charge in [-0.05, 0) is 65.1 Å². The molecule has 0 amide bonds. The van der Waals surface area contributed by atoms with Gasteiger partial charge in [0.25, 0.3) is 0 Å². The molecule has 11 heteroatoms. The third-order valence-corrected chi connectivity index (χ3v) is 9.85. The van der Waals surface area contributed by atoms with E-state index in [1.165, 1.54) is 22.1 Å². The number of rotatable bonds is 5. The summed E-state index contributed by atoms with van der Waals surface area (Å²) in [5.41, 5.74) is 1.000. The SMILES string of the molecule is O=S(=O)(c1ccc(Sc2ccc3ccccc3n2)c2nonc12)N1CCC(O)(c2ccc(Cl)cc2)CC1. The number of halogens is 1. The summed E-state index contributed by atoms with van der Waals surface area (Å²) in [6, 6.07) is 22.0. The van der Waals surface area contributed by atoms with Crippen molar-refractivity contribution in [3.05, 3.63) is 83.4 Å². The van der Waals surface area contributed by atoms with Gasteiger partial charge in [0.2, 0.25) is 10.0 Å². The maximum Gasteiger partial charge on any atom is 0.245 e. The summed E-state index contributed by atoms with van der Waals surface area (Å²) in [6.07, 6.45) is 0.519. The van der Waals surface area contributed by atoms with Gasteiger partial charge in [-0.3, -0.25) is 0 Å². The van der Waals surface area contributed by atoms with Gasteiger partial charge in [0.05, 0.1) is 11.1 Å². The van der Waals surface area contributed by atoms with E-state index in [1.54, 1.807) is 30.3 Å². The molecule has 0 atom stereocenters. The fourth-order valence-corrected chi connectivity index (χ4v) is 7.17. The van der Waals surface area contributed by atoms with E-state index in [2.05, 4.69) is 15.3 Å². The molecule has 0 saturated carbocycles. The zero-order valence-corrected chi connectivity index (χ0v) is 21.8. The van der Waals surface area contributed by atoms with Crippen molar-refractivity contribution < 1.29 is 18.2 Å². The van der Waals surface area contributed by atoms with Crippen LogP contribution in [0.1, 0.15) is 18.4 Å². The number of nitrogens with zero attached hydrogens (tertiary/aromatic N) is 4. The van der Waals surface area contributed by atoms with Gasteiger partial charge < -0.3 is 5.11 Å². The maximum atomic E-state index is 13.6. The molecule has 3 aromatic carbocycles. The molecular weight excluding hydrogens is 532 g/mol. The molecule has 1 N–H and O–H groups in total. The number of para-hydroxylation sites is 1. The normalized spacial score (nSPS) is 16.4. The molecule has 1 saturated heterocycles. The van der Waals surface area contributed by atoms with E-state index < -0.39 is 15.6 Å². The number of aromatic nitrogens is 3. The summed E-state index contributed by atoms with van der Waals surface area (Å²) in [6.45, 7) is 0.317. The van der Waals surface area contributed by atoms with Crippen LogP contribution >= 0.6 is 23.4 Å². The highest BCUT2D eigenvalue weighted by molar-refractivity contribution is 7.99.